The summed E-state index contributed by atoms with van der Waals surface area (Å²) in [6.07, 6.45) is 0.853. The number of hydrogen-bond acceptors (Lipinski definition) is 7. The average molecular weight is 516 g/mol. The zero-order chi connectivity index (χ0) is 27.0. The summed E-state index contributed by atoms with van der Waals surface area (Å²) < 4.78 is 7.51. The highest BCUT2D eigenvalue weighted by molar-refractivity contribution is 5.83. The number of rotatable bonds is 7. The van der Waals surface area contributed by atoms with Crippen molar-refractivity contribution in [3.05, 3.63) is 75.3 Å². The molecule has 2 aromatic carbocycles. The lowest BCUT2D eigenvalue weighted by molar-refractivity contribution is 0.186. The Morgan fingerprint density at radius 3 is 2.53 bits per heavy atom. The summed E-state index contributed by atoms with van der Waals surface area (Å²) in [4.78, 5) is 21.5. The zero-order valence-electron chi connectivity index (χ0n) is 23.2. The van der Waals surface area contributed by atoms with Gasteiger partial charge in [-0.1, -0.05) is 25.1 Å². The Balaban J connectivity index is 1.58. The van der Waals surface area contributed by atoms with Crippen LogP contribution in [-0.2, 0) is 5.54 Å². The van der Waals surface area contributed by atoms with Crippen molar-refractivity contribution in [3.8, 4) is 5.75 Å². The Labute approximate surface area is 223 Å². The number of aryl methyl sites for hydroxylation is 2. The van der Waals surface area contributed by atoms with Gasteiger partial charge in [0, 0.05) is 42.6 Å². The predicted octanol–water partition coefficient (Wildman–Crippen LogP) is 4.20. The van der Waals surface area contributed by atoms with Crippen LogP contribution in [0, 0.1) is 13.8 Å². The molecular weight excluding hydrogens is 478 g/mol. The van der Waals surface area contributed by atoms with Crippen LogP contribution in [-0.4, -0.2) is 63.4 Å². The number of benzene rings is 2. The molecule has 0 bridgehead atoms. The molecule has 0 aliphatic carbocycles. The molecule has 9 heteroatoms. The highest BCUT2D eigenvalue weighted by Crippen LogP contribution is 2.34. The third kappa shape index (κ3) is 4.67. The molecule has 1 atom stereocenters. The maximum atomic E-state index is 13.6. The number of hydrogen-bond donors (Lipinski definition) is 1. The first-order chi connectivity index (χ1) is 18.2. The molecular formula is C29H37N7O2. The normalized spacial score (nSPS) is 15.7. The second-order valence-corrected chi connectivity index (χ2v) is 10.8. The molecule has 1 aliphatic heterocycles. The van der Waals surface area contributed by atoms with Crippen molar-refractivity contribution in [1.82, 2.24) is 30.1 Å². The quantitative estimate of drug-likeness (QED) is 0.394. The molecule has 1 N–H and O–H groups in total. The molecule has 0 saturated carbocycles. The van der Waals surface area contributed by atoms with Gasteiger partial charge in [0.25, 0.3) is 5.56 Å². The van der Waals surface area contributed by atoms with Crippen LogP contribution >= 0.6 is 0 Å². The first-order valence-electron chi connectivity index (χ1n) is 13.3. The second kappa shape index (κ2) is 10.2. The van der Waals surface area contributed by atoms with E-state index in [9.17, 15) is 4.79 Å². The van der Waals surface area contributed by atoms with Gasteiger partial charge in [0.05, 0.1) is 18.3 Å². The lowest BCUT2D eigenvalue weighted by Crippen LogP contribution is -2.49. The Morgan fingerprint density at radius 2 is 1.82 bits per heavy atom. The molecule has 0 amide bonds. The zero-order valence-corrected chi connectivity index (χ0v) is 23.2. The summed E-state index contributed by atoms with van der Waals surface area (Å²) in [5.74, 6) is 1.56. The number of ether oxygens (including phenoxy) is 1. The van der Waals surface area contributed by atoms with E-state index >= 15 is 0 Å². The number of methoxy groups -OCH3 is 1. The van der Waals surface area contributed by atoms with Crippen molar-refractivity contribution in [2.45, 2.75) is 52.6 Å². The van der Waals surface area contributed by atoms with Crippen LogP contribution in [0.2, 0.25) is 0 Å². The lowest BCUT2D eigenvalue weighted by atomic mass is 9.97. The molecule has 200 valence electrons. The van der Waals surface area contributed by atoms with Crippen molar-refractivity contribution in [3.63, 3.8) is 0 Å². The van der Waals surface area contributed by atoms with Crippen molar-refractivity contribution in [2.24, 2.45) is 0 Å². The van der Waals surface area contributed by atoms with Crippen LogP contribution in [0.4, 0.5) is 5.69 Å². The standard InChI is InChI=1S/C29H37N7O2/c1-7-29(4,5)36-27(31-32-33-36)26(22-18-21-20(3)16-19(2)17-23(21)30-28(22)37)35-14-12-34(13-15-35)24-10-8-9-11-25(24)38-6/h8-11,16-18,26H,7,12-15H2,1-6H3,(H,30,37)/t26-/m0/s1. The van der Waals surface area contributed by atoms with Gasteiger partial charge in [-0.05, 0) is 79.9 Å². The fourth-order valence-electron chi connectivity index (χ4n) is 5.45. The minimum absolute atomic E-state index is 0.108. The third-order valence-electron chi connectivity index (χ3n) is 7.92. The number of anilines is 1. The smallest absolute Gasteiger partial charge is 0.253 e. The molecule has 38 heavy (non-hydrogen) atoms. The molecule has 4 aromatic rings. The van der Waals surface area contributed by atoms with Gasteiger partial charge in [-0.2, -0.15) is 0 Å². The summed E-state index contributed by atoms with van der Waals surface area (Å²) in [6.45, 7) is 13.6. The van der Waals surface area contributed by atoms with E-state index in [1.807, 2.05) is 41.9 Å². The van der Waals surface area contributed by atoms with Gasteiger partial charge >= 0.3 is 0 Å². The number of aromatic nitrogens is 5. The summed E-state index contributed by atoms with van der Waals surface area (Å²) in [5.41, 5.74) is 4.44. The van der Waals surface area contributed by atoms with Crippen LogP contribution in [0.25, 0.3) is 10.9 Å². The molecule has 2 aromatic heterocycles. The number of para-hydroxylation sites is 2. The number of fused-ring (bicyclic) bond motifs is 1. The van der Waals surface area contributed by atoms with Crippen LogP contribution in [0.5, 0.6) is 5.75 Å². The van der Waals surface area contributed by atoms with Gasteiger partial charge in [0.15, 0.2) is 5.82 Å². The molecule has 9 nitrogen and oxygen atoms in total. The largest absolute Gasteiger partial charge is 0.495 e. The number of tetrazole rings is 1. The van der Waals surface area contributed by atoms with Crippen molar-refractivity contribution in [1.29, 1.82) is 0 Å². The summed E-state index contributed by atoms with van der Waals surface area (Å²) >= 11 is 0. The van der Waals surface area contributed by atoms with E-state index in [0.29, 0.717) is 11.4 Å². The topological polar surface area (TPSA) is 92.2 Å². The molecule has 5 rings (SSSR count). The highest BCUT2D eigenvalue weighted by atomic mass is 16.5. The van der Waals surface area contributed by atoms with E-state index in [4.69, 9.17) is 4.74 Å². The first kappa shape index (κ1) is 25.9. The molecule has 1 saturated heterocycles. The van der Waals surface area contributed by atoms with Gasteiger partial charge in [0.2, 0.25) is 0 Å². The van der Waals surface area contributed by atoms with E-state index in [0.717, 1.165) is 66.1 Å². The predicted molar refractivity (Wildman–Crippen MR) is 150 cm³/mol. The van der Waals surface area contributed by atoms with Gasteiger partial charge in [0.1, 0.15) is 11.8 Å². The Morgan fingerprint density at radius 1 is 1.08 bits per heavy atom. The van der Waals surface area contributed by atoms with Crippen LogP contribution < -0.4 is 15.2 Å². The van der Waals surface area contributed by atoms with Crippen LogP contribution in [0.15, 0.2) is 47.3 Å². The number of piperazine rings is 1. The average Bonchev–Trinajstić information content (AvgIpc) is 3.40. The minimum Gasteiger partial charge on any atom is -0.495 e. The molecule has 1 aliphatic rings. The van der Waals surface area contributed by atoms with Gasteiger partial charge in [-0.3, -0.25) is 9.69 Å². The van der Waals surface area contributed by atoms with E-state index in [1.165, 1.54) is 0 Å². The second-order valence-electron chi connectivity index (χ2n) is 10.8. The Hall–Kier alpha value is -3.72. The minimum atomic E-state index is -0.385. The summed E-state index contributed by atoms with van der Waals surface area (Å²) in [5, 5.41) is 14.0. The number of pyridine rings is 1. The first-order valence-corrected chi connectivity index (χ1v) is 13.3. The van der Waals surface area contributed by atoms with Crippen LogP contribution in [0.3, 0.4) is 0 Å². The van der Waals surface area contributed by atoms with Crippen molar-refractivity contribution >= 4 is 16.6 Å². The molecule has 3 heterocycles. The number of aromatic amines is 1. The summed E-state index contributed by atoms with van der Waals surface area (Å²) in [7, 11) is 1.70. The number of H-pyrrole nitrogens is 1. The van der Waals surface area contributed by atoms with E-state index in [1.54, 1.807) is 7.11 Å². The Bertz CT molecular complexity index is 1500. The molecule has 1 fully saturated rings. The SMILES string of the molecule is CCC(C)(C)n1nnnc1[C@H](c1cc2c(C)cc(C)cc2[nH]c1=O)N1CCN(c2ccccc2OC)CC1. The number of nitrogens with zero attached hydrogens (tertiary/aromatic N) is 6. The highest BCUT2D eigenvalue weighted by Gasteiger charge is 2.36. The van der Waals surface area contributed by atoms with E-state index in [-0.39, 0.29) is 17.1 Å². The van der Waals surface area contributed by atoms with Gasteiger partial charge in [-0.15, -0.1) is 5.10 Å². The molecule has 0 spiro atoms. The maximum absolute atomic E-state index is 13.6. The van der Waals surface area contributed by atoms with Crippen molar-refractivity contribution < 1.29 is 4.74 Å². The lowest BCUT2D eigenvalue weighted by Gasteiger charge is -2.40. The maximum Gasteiger partial charge on any atom is 0.253 e. The fraction of sp³-hybridized carbons (Fsp3) is 0.448. The molecule has 0 unspecified atom stereocenters. The van der Waals surface area contributed by atoms with Gasteiger partial charge < -0.3 is 14.6 Å². The third-order valence-corrected chi connectivity index (χ3v) is 7.92. The Kier molecular flexibility index (Phi) is 6.96. The fourth-order valence-corrected chi connectivity index (χ4v) is 5.45. The van der Waals surface area contributed by atoms with Gasteiger partial charge in [-0.25, -0.2) is 4.68 Å². The van der Waals surface area contributed by atoms with E-state index in [2.05, 4.69) is 70.1 Å². The van der Waals surface area contributed by atoms with Crippen molar-refractivity contribution in [2.75, 3.05) is 38.2 Å². The van der Waals surface area contributed by atoms with E-state index < -0.39 is 0 Å². The molecule has 0 radical (unpaired) electrons. The number of nitrogens with one attached hydrogen (secondary N) is 1. The summed E-state index contributed by atoms with van der Waals surface area (Å²) in [6, 6.07) is 13.9. The monoisotopic (exact) mass is 515 g/mol. The van der Waals surface area contributed by atoms with Crippen LogP contribution in [0.1, 0.15) is 55.7 Å².